The average molecular weight is 414 g/mol. The van der Waals surface area contributed by atoms with Crippen LogP contribution in [0.1, 0.15) is 5.56 Å². The number of nitrogens with one attached hydrogen (secondary N) is 3. The molecule has 13 heteroatoms. The predicted octanol–water partition coefficient (Wildman–Crippen LogP) is -2.79. The highest BCUT2D eigenvalue weighted by Gasteiger charge is 2.24. The summed E-state index contributed by atoms with van der Waals surface area (Å²) in [6, 6.07) is 4.56. The molecule has 1 fully saturated rings. The third kappa shape index (κ3) is 5.34. The van der Waals surface area contributed by atoms with Gasteiger partial charge in [-0.25, -0.2) is 9.63 Å². The van der Waals surface area contributed by atoms with E-state index in [9.17, 15) is 33.3 Å². The summed E-state index contributed by atoms with van der Waals surface area (Å²) in [6.07, 6.45) is -3.08. The largest absolute Gasteiger partial charge is 0.394 e. The average Bonchev–Trinajstić information content (AvgIpc) is 2.97. The molecule has 3 atom stereocenters. The van der Waals surface area contributed by atoms with Gasteiger partial charge in [0.05, 0.1) is 17.7 Å². The quantitative estimate of drug-likeness (QED) is 0.102. The zero-order valence-corrected chi connectivity index (χ0v) is 15.0. The van der Waals surface area contributed by atoms with E-state index in [0.717, 1.165) is 0 Å². The van der Waals surface area contributed by atoms with Crippen LogP contribution in [0.15, 0.2) is 40.0 Å². The maximum atomic E-state index is 12.1. The van der Waals surface area contributed by atoms with Gasteiger partial charge in [-0.3, -0.25) is 10.1 Å². The minimum atomic E-state index is -4.09. The van der Waals surface area contributed by atoms with E-state index in [-0.39, 0.29) is 10.6 Å². The molecule has 1 aromatic carbocycles. The van der Waals surface area contributed by atoms with Gasteiger partial charge in [0.1, 0.15) is 24.0 Å². The number of amides is 3. The van der Waals surface area contributed by atoms with Crippen LogP contribution in [0, 0.1) is 0 Å². The van der Waals surface area contributed by atoms with E-state index in [0.29, 0.717) is 11.8 Å². The Bertz CT molecular complexity index is 897. The number of benzene rings is 1. The van der Waals surface area contributed by atoms with Gasteiger partial charge in [-0.05, 0) is 23.8 Å². The number of hydrogen-bond acceptors (Lipinski definition) is 9. The molecule has 12 nitrogen and oxygen atoms in total. The highest BCUT2D eigenvalue weighted by molar-refractivity contribution is 7.89. The number of sulfonamides is 1. The van der Waals surface area contributed by atoms with Crippen molar-refractivity contribution >= 4 is 34.3 Å². The number of urea groups is 1. The van der Waals surface area contributed by atoms with Gasteiger partial charge in [0.15, 0.2) is 0 Å². The van der Waals surface area contributed by atoms with Crippen LogP contribution in [-0.2, 0) is 14.8 Å². The molecule has 1 aromatic rings. The molecular formula is C15H18N4O8S. The lowest BCUT2D eigenvalue weighted by Gasteiger charge is -2.18. The first kappa shape index (κ1) is 21.5. The Labute approximate surface area is 159 Å². The van der Waals surface area contributed by atoms with Crippen molar-refractivity contribution in [3.05, 3.63) is 35.5 Å². The Morgan fingerprint density at radius 1 is 1.11 bits per heavy atom. The van der Waals surface area contributed by atoms with Gasteiger partial charge in [0.2, 0.25) is 0 Å². The van der Waals surface area contributed by atoms with Crippen LogP contribution < -0.4 is 15.5 Å². The van der Waals surface area contributed by atoms with Crippen molar-refractivity contribution in [2.75, 3.05) is 6.61 Å². The van der Waals surface area contributed by atoms with E-state index >= 15 is 0 Å². The number of carbonyl (C=O) groups is 2. The van der Waals surface area contributed by atoms with Crippen LogP contribution >= 0.6 is 0 Å². The molecule has 0 spiro atoms. The molecule has 3 amide bonds. The highest BCUT2D eigenvalue weighted by atomic mass is 32.2. The molecule has 0 unspecified atom stereocenters. The Morgan fingerprint density at radius 3 is 2.29 bits per heavy atom. The maximum Gasteiger partial charge on any atom is 0.326 e. The zero-order valence-electron chi connectivity index (χ0n) is 14.2. The number of aliphatic hydroxyl groups excluding tert-OH is 4. The Hall–Kier alpha value is -2.84. The summed E-state index contributed by atoms with van der Waals surface area (Å²) in [5, 5.41) is 44.4. The number of imide groups is 1. The number of rotatable bonds is 8. The lowest BCUT2D eigenvalue weighted by atomic mass is 10.1. The lowest BCUT2D eigenvalue weighted by molar-refractivity contribution is -0.115. The molecule has 28 heavy (non-hydrogen) atoms. The Balaban J connectivity index is 2.04. The molecule has 2 rings (SSSR count). The molecule has 7 N–H and O–H groups in total. The van der Waals surface area contributed by atoms with Crippen LogP contribution in [0.25, 0.3) is 6.08 Å². The molecule has 152 valence electrons. The van der Waals surface area contributed by atoms with Crippen molar-refractivity contribution < 1.29 is 38.4 Å². The molecule has 1 aliphatic heterocycles. The monoisotopic (exact) mass is 414 g/mol. The first-order chi connectivity index (χ1) is 13.1. The molecule has 0 saturated carbocycles. The second-order valence-electron chi connectivity index (χ2n) is 5.64. The van der Waals surface area contributed by atoms with Gasteiger partial charge in [0.25, 0.3) is 15.9 Å². The van der Waals surface area contributed by atoms with E-state index < -0.39 is 46.9 Å². The van der Waals surface area contributed by atoms with E-state index in [2.05, 4.69) is 10.4 Å². The molecule has 0 aromatic heterocycles. The summed E-state index contributed by atoms with van der Waals surface area (Å²) in [7, 11) is -4.09. The van der Waals surface area contributed by atoms with Gasteiger partial charge >= 0.3 is 6.03 Å². The minimum Gasteiger partial charge on any atom is -0.394 e. The molecule has 0 bridgehead atoms. The normalized spacial score (nSPS) is 19.4. The summed E-state index contributed by atoms with van der Waals surface area (Å²) < 4.78 is 24.3. The first-order valence-corrected chi connectivity index (χ1v) is 9.26. The summed E-state index contributed by atoms with van der Waals surface area (Å²) in [5.74, 6) is -0.607. The van der Waals surface area contributed by atoms with Crippen molar-refractivity contribution in [2.45, 2.75) is 23.2 Å². The SMILES string of the molecule is O=C1NC(=O)/C(=C/c2ccc(S(=O)(=O)N/N=C/[C@H](O)[C@H](O)[C@H](O)CO)cc2)N1. The van der Waals surface area contributed by atoms with Crippen LogP contribution in [-0.4, -0.2) is 71.9 Å². The van der Waals surface area contributed by atoms with Gasteiger partial charge in [-0.1, -0.05) is 12.1 Å². The summed E-state index contributed by atoms with van der Waals surface area (Å²) in [4.78, 5) is 24.1. The second kappa shape index (κ2) is 8.90. The van der Waals surface area contributed by atoms with Crippen molar-refractivity contribution in [1.29, 1.82) is 0 Å². The van der Waals surface area contributed by atoms with Gasteiger partial charge in [-0.2, -0.15) is 13.5 Å². The summed E-state index contributed by atoms with van der Waals surface area (Å²) in [5.41, 5.74) is 0.465. The zero-order chi connectivity index (χ0) is 20.9. The van der Waals surface area contributed by atoms with Gasteiger partial charge in [-0.15, -0.1) is 0 Å². The molecule has 0 aliphatic carbocycles. The Morgan fingerprint density at radius 2 is 1.75 bits per heavy atom. The van der Waals surface area contributed by atoms with Crippen LogP contribution in [0.3, 0.4) is 0 Å². The van der Waals surface area contributed by atoms with Gasteiger partial charge < -0.3 is 25.7 Å². The number of hydrogen-bond donors (Lipinski definition) is 7. The van der Waals surface area contributed by atoms with Crippen LogP contribution in [0.4, 0.5) is 4.79 Å². The van der Waals surface area contributed by atoms with Crippen molar-refractivity contribution in [3.8, 4) is 0 Å². The fraction of sp³-hybridized carbons (Fsp3) is 0.267. The van der Waals surface area contributed by atoms with E-state index in [1.54, 1.807) is 0 Å². The third-order valence-corrected chi connectivity index (χ3v) is 4.79. The highest BCUT2D eigenvalue weighted by Crippen LogP contribution is 2.13. The topological polar surface area (TPSA) is 198 Å². The maximum absolute atomic E-state index is 12.1. The molecular weight excluding hydrogens is 396 g/mol. The van der Waals surface area contributed by atoms with Gasteiger partial charge in [0, 0.05) is 0 Å². The standard InChI is InChI=1S/C15H18N4O8S/c20-7-12(22)13(23)11(21)6-16-19-28(26,27)9-3-1-8(2-4-9)5-10-14(24)18-15(25)17-10/h1-6,11-13,19-23H,7H2,(H2,17,18,24,25)/b10-5-,16-6+/t11-,12+,13-/m0/s1. The lowest BCUT2D eigenvalue weighted by Crippen LogP contribution is -2.40. The second-order valence-corrected chi connectivity index (χ2v) is 7.30. The van der Waals surface area contributed by atoms with Crippen molar-refractivity contribution in [1.82, 2.24) is 15.5 Å². The number of aliphatic hydroxyl groups is 4. The smallest absolute Gasteiger partial charge is 0.326 e. The predicted molar refractivity (Wildman–Crippen MR) is 95.0 cm³/mol. The van der Waals surface area contributed by atoms with E-state index in [1.165, 1.54) is 30.3 Å². The van der Waals surface area contributed by atoms with Crippen molar-refractivity contribution in [3.63, 3.8) is 0 Å². The molecule has 0 radical (unpaired) electrons. The number of carbonyl (C=O) groups excluding carboxylic acids is 2. The number of nitrogens with zero attached hydrogens (tertiary/aromatic N) is 1. The Kier molecular flexibility index (Phi) is 6.82. The minimum absolute atomic E-state index is 0.0148. The summed E-state index contributed by atoms with van der Waals surface area (Å²) >= 11 is 0. The molecule has 1 saturated heterocycles. The van der Waals surface area contributed by atoms with Crippen molar-refractivity contribution in [2.24, 2.45) is 5.10 Å². The van der Waals surface area contributed by atoms with Crippen LogP contribution in [0.5, 0.6) is 0 Å². The fourth-order valence-electron chi connectivity index (χ4n) is 2.04. The van der Waals surface area contributed by atoms with E-state index in [4.69, 9.17) is 5.11 Å². The fourth-order valence-corrected chi connectivity index (χ4v) is 2.84. The van der Waals surface area contributed by atoms with Crippen LogP contribution in [0.2, 0.25) is 0 Å². The summed E-state index contributed by atoms with van der Waals surface area (Å²) in [6.45, 7) is -0.800. The third-order valence-electron chi connectivity index (χ3n) is 3.55. The van der Waals surface area contributed by atoms with E-state index in [1.807, 2.05) is 10.1 Å². The molecule has 1 heterocycles. The first-order valence-electron chi connectivity index (χ1n) is 7.78. The number of hydrazone groups is 1. The molecule has 1 aliphatic rings.